The average Bonchev–Trinajstić information content (AvgIpc) is 2.87. The van der Waals surface area contributed by atoms with Gasteiger partial charge < -0.3 is 19.5 Å². The van der Waals surface area contributed by atoms with Gasteiger partial charge in [0.25, 0.3) is 0 Å². The maximum atomic E-state index is 14.0. The van der Waals surface area contributed by atoms with Crippen LogP contribution in [0, 0.1) is 18.2 Å². The summed E-state index contributed by atoms with van der Waals surface area (Å²) in [6, 6.07) is 10.1. The summed E-state index contributed by atoms with van der Waals surface area (Å²) in [6.45, 7) is 13.5. The summed E-state index contributed by atoms with van der Waals surface area (Å²) in [7, 11) is 0. The predicted octanol–water partition coefficient (Wildman–Crippen LogP) is 6.74. The number of aromatic nitrogens is 2. The number of benzene rings is 1. The second-order valence-corrected chi connectivity index (χ2v) is 11.9. The average molecular weight is 536 g/mol. The lowest BCUT2D eigenvalue weighted by Crippen LogP contribution is -2.39. The fraction of sp³-hybridized carbons (Fsp3) is 0.452. The Morgan fingerprint density at radius 3 is 2.38 bits per heavy atom. The van der Waals surface area contributed by atoms with Crippen molar-refractivity contribution in [3.8, 4) is 17.0 Å². The Labute approximate surface area is 230 Å². The topological polar surface area (TPSA) is 84.8 Å². The van der Waals surface area contributed by atoms with Crippen molar-refractivity contribution in [2.45, 2.75) is 72.7 Å². The Balaban J connectivity index is 1.74. The first-order valence-corrected chi connectivity index (χ1v) is 13.3. The van der Waals surface area contributed by atoms with E-state index < -0.39 is 17.7 Å². The molecule has 0 amide bonds. The minimum Gasteiger partial charge on any atom is -0.487 e. The number of aliphatic carboxylic acids is 1. The molecule has 0 saturated carbocycles. The van der Waals surface area contributed by atoms with Gasteiger partial charge in [-0.3, -0.25) is 9.97 Å². The van der Waals surface area contributed by atoms with Crippen molar-refractivity contribution in [2.24, 2.45) is 5.41 Å². The Bertz CT molecular complexity index is 1310. The molecule has 0 bridgehead atoms. The van der Waals surface area contributed by atoms with Crippen LogP contribution in [0.4, 0.5) is 10.1 Å². The number of hydrogen-bond acceptors (Lipinski definition) is 6. The third-order valence-corrected chi connectivity index (χ3v) is 7.04. The highest BCUT2D eigenvalue weighted by Gasteiger charge is 2.36. The lowest BCUT2D eigenvalue weighted by atomic mass is 9.82. The Morgan fingerprint density at radius 2 is 1.79 bits per heavy atom. The summed E-state index contributed by atoms with van der Waals surface area (Å²) in [6.07, 6.45) is 4.11. The van der Waals surface area contributed by atoms with Gasteiger partial charge in [-0.15, -0.1) is 0 Å². The number of ether oxygens (including phenoxy) is 2. The molecule has 39 heavy (non-hydrogen) atoms. The van der Waals surface area contributed by atoms with E-state index in [1.807, 2.05) is 33.8 Å². The quantitative estimate of drug-likeness (QED) is 0.342. The molecule has 0 spiro atoms. The number of pyridine rings is 2. The molecule has 1 aromatic carbocycles. The molecule has 208 valence electrons. The molecular formula is C31H38FN3O4. The molecule has 4 rings (SSSR count). The van der Waals surface area contributed by atoms with Gasteiger partial charge in [-0.25, -0.2) is 9.18 Å². The number of carbonyl (C=O) groups is 1. The van der Waals surface area contributed by atoms with Crippen LogP contribution in [-0.2, 0) is 16.1 Å². The van der Waals surface area contributed by atoms with Crippen LogP contribution in [0.5, 0.6) is 5.75 Å². The van der Waals surface area contributed by atoms with E-state index in [4.69, 9.17) is 9.47 Å². The van der Waals surface area contributed by atoms with Crippen LogP contribution < -0.4 is 9.64 Å². The van der Waals surface area contributed by atoms with Crippen LogP contribution in [0.2, 0.25) is 0 Å². The van der Waals surface area contributed by atoms with Gasteiger partial charge in [-0.2, -0.15) is 0 Å². The number of carboxylic acids is 1. The minimum absolute atomic E-state index is 0.0865. The fourth-order valence-electron chi connectivity index (χ4n) is 4.77. The van der Waals surface area contributed by atoms with Gasteiger partial charge in [0.15, 0.2) is 6.10 Å². The largest absolute Gasteiger partial charge is 0.487 e. The zero-order chi connectivity index (χ0) is 28.4. The van der Waals surface area contributed by atoms with Crippen LogP contribution in [0.1, 0.15) is 70.4 Å². The normalized spacial score (nSPS) is 16.1. The molecule has 1 fully saturated rings. The van der Waals surface area contributed by atoms with Crippen molar-refractivity contribution in [3.05, 3.63) is 71.4 Å². The van der Waals surface area contributed by atoms with Gasteiger partial charge in [0.2, 0.25) is 0 Å². The van der Waals surface area contributed by atoms with Crippen LogP contribution in [-0.4, -0.2) is 39.7 Å². The number of nitrogens with zero attached hydrogens (tertiary/aromatic N) is 3. The summed E-state index contributed by atoms with van der Waals surface area (Å²) < 4.78 is 25.9. The molecule has 8 heteroatoms. The number of carboxylic acid groups (broad SMARTS) is 1. The summed E-state index contributed by atoms with van der Waals surface area (Å²) in [4.78, 5) is 24.0. The monoisotopic (exact) mass is 535 g/mol. The minimum atomic E-state index is -1.19. The van der Waals surface area contributed by atoms with Crippen LogP contribution in [0.15, 0.2) is 48.8 Å². The van der Waals surface area contributed by atoms with E-state index in [1.54, 1.807) is 36.7 Å². The summed E-state index contributed by atoms with van der Waals surface area (Å²) in [5.74, 6) is -0.876. The number of hydrogen-bond donors (Lipinski definition) is 1. The number of rotatable bonds is 8. The van der Waals surface area contributed by atoms with Crippen molar-refractivity contribution in [1.29, 1.82) is 0 Å². The smallest absolute Gasteiger partial charge is 0.337 e. The van der Waals surface area contributed by atoms with E-state index in [-0.39, 0.29) is 17.8 Å². The fourth-order valence-corrected chi connectivity index (χ4v) is 4.77. The number of aryl methyl sites for hydroxylation is 1. The number of anilines is 1. The van der Waals surface area contributed by atoms with Crippen molar-refractivity contribution in [1.82, 2.24) is 9.97 Å². The first-order valence-electron chi connectivity index (χ1n) is 13.3. The molecule has 0 radical (unpaired) electrons. The lowest BCUT2D eigenvalue weighted by Gasteiger charge is -2.40. The van der Waals surface area contributed by atoms with E-state index in [0.29, 0.717) is 28.3 Å². The maximum absolute atomic E-state index is 14.0. The van der Waals surface area contributed by atoms with Crippen molar-refractivity contribution >= 4 is 11.7 Å². The Hall–Kier alpha value is -3.52. The highest BCUT2D eigenvalue weighted by atomic mass is 19.1. The first-order chi connectivity index (χ1) is 18.3. The Morgan fingerprint density at radius 1 is 1.10 bits per heavy atom. The molecule has 7 nitrogen and oxygen atoms in total. The third kappa shape index (κ3) is 6.92. The summed E-state index contributed by atoms with van der Waals surface area (Å²) in [5, 5.41) is 10.3. The van der Waals surface area contributed by atoms with Crippen molar-refractivity contribution < 1.29 is 23.8 Å². The van der Waals surface area contributed by atoms with Gasteiger partial charge in [0.05, 0.1) is 23.2 Å². The molecule has 3 heterocycles. The number of piperidine rings is 1. The molecule has 1 N–H and O–H groups in total. The van der Waals surface area contributed by atoms with Crippen LogP contribution >= 0.6 is 0 Å². The zero-order valence-electron chi connectivity index (χ0n) is 23.6. The van der Waals surface area contributed by atoms with E-state index in [0.717, 1.165) is 37.2 Å². The van der Waals surface area contributed by atoms with E-state index in [2.05, 4.69) is 28.7 Å². The van der Waals surface area contributed by atoms with E-state index in [9.17, 15) is 14.3 Å². The molecule has 3 aromatic rings. The van der Waals surface area contributed by atoms with Crippen molar-refractivity contribution in [3.63, 3.8) is 0 Å². The van der Waals surface area contributed by atoms with Crippen molar-refractivity contribution in [2.75, 3.05) is 18.0 Å². The molecule has 1 atom stereocenters. The highest BCUT2D eigenvalue weighted by molar-refractivity contribution is 5.85. The molecular weight excluding hydrogens is 497 g/mol. The van der Waals surface area contributed by atoms with E-state index in [1.165, 1.54) is 6.07 Å². The summed E-state index contributed by atoms with van der Waals surface area (Å²) >= 11 is 0. The second kappa shape index (κ2) is 11.3. The van der Waals surface area contributed by atoms with Crippen LogP contribution in [0.25, 0.3) is 11.3 Å². The van der Waals surface area contributed by atoms with Crippen LogP contribution in [0.3, 0.4) is 0 Å². The van der Waals surface area contributed by atoms with Gasteiger partial charge in [0.1, 0.15) is 18.2 Å². The predicted molar refractivity (Wildman–Crippen MR) is 149 cm³/mol. The summed E-state index contributed by atoms with van der Waals surface area (Å²) in [5.41, 5.74) is 3.33. The molecule has 1 aliphatic rings. The van der Waals surface area contributed by atoms with Gasteiger partial charge in [-0.05, 0) is 64.2 Å². The zero-order valence-corrected chi connectivity index (χ0v) is 23.6. The van der Waals surface area contributed by atoms with E-state index >= 15 is 0 Å². The highest BCUT2D eigenvalue weighted by Crippen LogP contribution is 2.43. The Kier molecular flexibility index (Phi) is 8.25. The van der Waals surface area contributed by atoms with Gasteiger partial charge in [0, 0.05) is 41.7 Å². The number of halogens is 1. The second-order valence-electron chi connectivity index (χ2n) is 11.9. The SMILES string of the molecule is Cc1ncc(-c2ccc(OCc3ccccc3F)cn2)c(N2CCC(C)(C)CC2)c1[C@H](OC(C)(C)C)C(=O)O. The first kappa shape index (κ1) is 28.5. The molecule has 0 aliphatic carbocycles. The molecule has 0 unspecified atom stereocenters. The van der Waals surface area contributed by atoms with Gasteiger partial charge in [-0.1, -0.05) is 32.0 Å². The lowest BCUT2D eigenvalue weighted by molar-refractivity contribution is -0.160. The molecule has 2 aromatic heterocycles. The molecule has 1 aliphatic heterocycles. The van der Waals surface area contributed by atoms with Gasteiger partial charge >= 0.3 is 5.97 Å². The maximum Gasteiger partial charge on any atom is 0.337 e. The third-order valence-electron chi connectivity index (χ3n) is 7.04. The molecule has 1 saturated heterocycles. The standard InChI is InChI=1S/C31H38FN3O4/c1-20-26(28(29(36)37)39-30(2,3)4)27(35-15-13-31(5,6)14-16-35)23(18-33-20)25-12-11-22(17-34-25)38-19-21-9-7-8-10-24(21)32/h7-12,17-18,28H,13-16,19H2,1-6H3,(H,36,37)/t28-/m0/s1.